The van der Waals surface area contributed by atoms with Gasteiger partial charge in [-0.25, -0.2) is 8.42 Å². The van der Waals surface area contributed by atoms with Gasteiger partial charge in [-0.3, -0.25) is 19.2 Å². The molecule has 2 aromatic carbocycles. The zero-order chi connectivity index (χ0) is 21.1. The molecule has 1 unspecified atom stereocenters. The van der Waals surface area contributed by atoms with Crippen molar-refractivity contribution in [2.75, 3.05) is 23.0 Å². The Morgan fingerprint density at radius 2 is 1.93 bits per heavy atom. The summed E-state index contributed by atoms with van der Waals surface area (Å²) in [5.41, 5.74) is 1.02. The summed E-state index contributed by atoms with van der Waals surface area (Å²) in [4.78, 5) is 23.2. The molecule has 0 heterocycles. The van der Waals surface area contributed by atoms with Crippen molar-refractivity contribution in [3.05, 3.63) is 58.1 Å². The van der Waals surface area contributed by atoms with E-state index >= 15 is 0 Å². The van der Waals surface area contributed by atoms with E-state index in [1.165, 1.54) is 32.2 Å². The number of carbonyl (C=O) groups excluding carboxylic acids is 1. The average Bonchev–Trinajstić information content (AvgIpc) is 2.61. The van der Waals surface area contributed by atoms with E-state index in [1.54, 1.807) is 12.1 Å². The number of nitro groups is 1. The van der Waals surface area contributed by atoms with Crippen LogP contribution in [0.2, 0.25) is 0 Å². The number of hydrogen-bond acceptors (Lipinski definition) is 6. The third-order valence-electron chi connectivity index (χ3n) is 4.00. The zero-order valence-electron chi connectivity index (χ0n) is 15.9. The molecule has 28 heavy (non-hydrogen) atoms. The van der Waals surface area contributed by atoms with Crippen molar-refractivity contribution in [2.45, 2.75) is 19.9 Å². The number of carbonyl (C=O) groups is 1. The van der Waals surface area contributed by atoms with Gasteiger partial charge in [0.25, 0.3) is 5.69 Å². The van der Waals surface area contributed by atoms with Crippen molar-refractivity contribution in [3.8, 4) is 5.75 Å². The highest BCUT2D eigenvalue weighted by Gasteiger charge is 2.30. The van der Waals surface area contributed by atoms with Crippen LogP contribution in [0.4, 0.5) is 17.1 Å². The van der Waals surface area contributed by atoms with Crippen molar-refractivity contribution in [1.29, 1.82) is 0 Å². The average molecular weight is 407 g/mol. The lowest BCUT2D eigenvalue weighted by atomic mass is 10.2. The third-order valence-corrected chi connectivity index (χ3v) is 5.24. The van der Waals surface area contributed by atoms with E-state index in [-0.39, 0.29) is 11.4 Å². The topological polar surface area (TPSA) is 119 Å². The molecule has 0 fully saturated rings. The second-order valence-electron chi connectivity index (χ2n) is 6.20. The van der Waals surface area contributed by atoms with Gasteiger partial charge in [-0.15, -0.1) is 0 Å². The van der Waals surface area contributed by atoms with E-state index < -0.39 is 26.9 Å². The molecular weight excluding hydrogens is 386 g/mol. The number of non-ortho nitro benzene ring substituents is 1. The van der Waals surface area contributed by atoms with Crippen molar-refractivity contribution in [1.82, 2.24) is 0 Å². The standard InChI is InChI=1S/C18H21N3O6S/c1-12-8-9-17(27-3)16(10-12)19-18(22)13(2)20(28(4,25)26)14-6-5-7-15(11-14)21(23)24/h5-11,13H,1-4H3,(H,19,22). The highest BCUT2D eigenvalue weighted by Crippen LogP contribution is 2.28. The molecule has 0 aliphatic carbocycles. The van der Waals surface area contributed by atoms with Crippen LogP contribution in [0.25, 0.3) is 0 Å². The van der Waals surface area contributed by atoms with Crippen LogP contribution in [0.5, 0.6) is 5.75 Å². The summed E-state index contributed by atoms with van der Waals surface area (Å²) in [5, 5.41) is 13.7. The number of nitro benzene ring substituents is 1. The van der Waals surface area contributed by atoms with Gasteiger partial charge in [0, 0.05) is 12.1 Å². The van der Waals surface area contributed by atoms with Crippen LogP contribution in [0.15, 0.2) is 42.5 Å². The van der Waals surface area contributed by atoms with Crippen LogP contribution in [0.3, 0.4) is 0 Å². The Balaban J connectivity index is 2.40. The van der Waals surface area contributed by atoms with E-state index in [0.717, 1.165) is 22.2 Å². The second kappa shape index (κ2) is 8.26. The first-order valence-electron chi connectivity index (χ1n) is 8.24. The van der Waals surface area contributed by atoms with Gasteiger partial charge in [-0.05, 0) is 37.6 Å². The summed E-state index contributed by atoms with van der Waals surface area (Å²) >= 11 is 0. The molecule has 150 valence electrons. The summed E-state index contributed by atoms with van der Waals surface area (Å²) in [6.45, 7) is 3.24. The van der Waals surface area contributed by atoms with Crippen molar-refractivity contribution in [3.63, 3.8) is 0 Å². The molecule has 0 aliphatic heterocycles. The van der Waals surface area contributed by atoms with Gasteiger partial charge in [0.15, 0.2) is 0 Å². The lowest BCUT2D eigenvalue weighted by molar-refractivity contribution is -0.384. The Kier molecular flexibility index (Phi) is 6.24. The van der Waals surface area contributed by atoms with E-state index in [1.807, 2.05) is 13.0 Å². The molecular formula is C18H21N3O6S. The number of aryl methyl sites for hydroxylation is 1. The maximum absolute atomic E-state index is 12.8. The molecule has 1 amide bonds. The molecule has 1 N–H and O–H groups in total. The molecule has 0 aromatic heterocycles. The zero-order valence-corrected chi connectivity index (χ0v) is 16.7. The van der Waals surface area contributed by atoms with E-state index in [2.05, 4.69) is 5.32 Å². The van der Waals surface area contributed by atoms with Crippen molar-refractivity contribution in [2.24, 2.45) is 0 Å². The van der Waals surface area contributed by atoms with Gasteiger partial charge in [-0.1, -0.05) is 12.1 Å². The number of nitrogens with one attached hydrogen (secondary N) is 1. The predicted molar refractivity (Wildman–Crippen MR) is 106 cm³/mol. The largest absolute Gasteiger partial charge is 0.495 e. The second-order valence-corrected chi connectivity index (χ2v) is 8.06. The number of anilines is 2. The number of methoxy groups -OCH3 is 1. The summed E-state index contributed by atoms with van der Waals surface area (Å²) in [5.74, 6) is -0.187. The smallest absolute Gasteiger partial charge is 0.271 e. The minimum absolute atomic E-state index is 0.0237. The minimum Gasteiger partial charge on any atom is -0.495 e. The lowest BCUT2D eigenvalue weighted by Gasteiger charge is -2.28. The monoisotopic (exact) mass is 407 g/mol. The van der Waals surface area contributed by atoms with E-state index in [0.29, 0.717) is 11.4 Å². The molecule has 0 spiro atoms. The number of rotatable bonds is 7. The number of sulfonamides is 1. The van der Waals surface area contributed by atoms with Gasteiger partial charge >= 0.3 is 0 Å². The van der Waals surface area contributed by atoms with Gasteiger partial charge in [0.05, 0.1) is 29.7 Å². The Morgan fingerprint density at radius 3 is 2.50 bits per heavy atom. The van der Waals surface area contributed by atoms with Gasteiger partial charge in [0.1, 0.15) is 11.8 Å². The number of nitrogens with zero attached hydrogens (tertiary/aromatic N) is 2. The Bertz CT molecular complexity index is 1010. The molecule has 2 rings (SSSR count). The van der Waals surface area contributed by atoms with Crippen molar-refractivity contribution < 1.29 is 22.9 Å². The SMILES string of the molecule is COc1ccc(C)cc1NC(=O)C(C)N(c1cccc([N+](=O)[O-])c1)S(C)(=O)=O. The van der Waals surface area contributed by atoms with Crippen LogP contribution in [0.1, 0.15) is 12.5 Å². The molecule has 1 atom stereocenters. The molecule has 2 aromatic rings. The summed E-state index contributed by atoms with van der Waals surface area (Å²) in [7, 11) is -2.45. The summed E-state index contributed by atoms with van der Waals surface area (Å²) in [6.07, 6.45) is 0.933. The molecule has 0 bridgehead atoms. The summed E-state index contributed by atoms with van der Waals surface area (Å²) < 4.78 is 30.7. The maximum atomic E-state index is 12.8. The Morgan fingerprint density at radius 1 is 1.25 bits per heavy atom. The number of ether oxygens (including phenoxy) is 1. The van der Waals surface area contributed by atoms with Crippen LogP contribution >= 0.6 is 0 Å². The maximum Gasteiger partial charge on any atom is 0.271 e. The summed E-state index contributed by atoms with van der Waals surface area (Å²) in [6, 6.07) is 9.13. The fraction of sp³-hybridized carbons (Fsp3) is 0.278. The first-order valence-corrected chi connectivity index (χ1v) is 10.1. The highest BCUT2D eigenvalue weighted by molar-refractivity contribution is 7.92. The quantitative estimate of drug-likeness (QED) is 0.557. The van der Waals surface area contributed by atoms with E-state index in [4.69, 9.17) is 4.74 Å². The number of hydrogen-bond donors (Lipinski definition) is 1. The minimum atomic E-state index is -3.90. The molecule has 0 aliphatic rings. The number of benzene rings is 2. The normalized spacial score (nSPS) is 12.1. The molecule has 10 heteroatoms. The fourth-order valence-corrected chi connectivity index (χ4v) is 3.88. The van der Waals surface area contributed by atoms with Crippen LogP contribution in [0, 0.1) is 17.0 Å². The number of amides is 1. The van der Waals surface area contributed by atoms with Gasteiger partial charge in [-0.2, -0.15) is 0 Å². The fourth-order valence-electron chi connectivity index (χ4n) is 2.71. The third kappa shape index (κ3) is 4.77. The van der Waals surface area contributed by atoms with Crippen LogP contribution in [-0.4, -0.2) is 38.7 Å². The molecule has 0 radical (unpaired) electrons. The lowest BCUT2D eigenvalue weighted by Crippen LogP contribution is -2.45. The Hall–Kier alpha value is -3.14. The molecule has 0 saturated heterocycles. The Labute approximate surface area is 163 Å². The van der Waals surface area contributed by atoms with Crippen LogP contribution in [-0.2, 0) is 14.8 Å². The van der Waals surface area contributed by atoms with Crippen LogP contribution < -0.4 is 14.4 Å². The molecule has 9 nitrogen and oxygen atoms in total. The predicted octanol–water partition coefficient (Wildman–Crippen LogP) is 2.71. The van der Waals surface area contributed by atoms with Crippen molar-refractivity contribution >= 4 is 33.0 Å². The first-order chi connectivity index (χ1) is 13.0. The van der Waals surface area contributed by atoms with Gasteiger partial charge < -0.3 is 10.1 Å². The highest BCUT2D eigenvalue weighted by atomic mass is 32.2. The molecule has 0 saturated carbocycles. The van der Waals surface area contributed by atoms with Gasteiger partial charge in [0.2, 0.25) is 15.9 Å². The first kappa shape index (κ1) is 21.2. The van der Waals surface area contributed by atoms with E-state index in [9.17, 15) is 23.3 Å².